The lowest BCUT2D eigenvalue weighted by Gasteiger charge is -2.36. The van der Waals surface area contributed by atoms with E-state index in [2.05, 4.69) is 34.1 Å². The van der Waals surface area contributed by atoms with E-state index in [0.29, 0.717) is 31.1 Å². The van der Waals surface area contributed by atoms with Crippen LogP contribution in [0.2, 0.25) is 0 Å². The molecule has 2 aromatic rings. The van der Waals surface area contributed by atoms with Gasteiger partial charge >= 0.3 is 5.97 Å². The van der Waals surface area contributed by atoms with Gasteiger partial charge in [-0.3, -0.25) is 14.5 Å². The van der Waals surface area contributed by atoms with Gasteiger partial charge in [-0.2, -0.15) is 0 Å². The fourth-order valence-corrected chi connectivity index (χ4v) is 3.59. The molecule has 3 heterocycles. The molecule has 1 aromatic heterocycles. The highest BCUT2D eigenvalue weighted by Crippen LogP contribution is 2.34. The number of ether oxygens (including phenoxy) is 2. The van der Waals surface area contributed by atoms with Gasteiger partial charge in [-0.1, -0.05) is 24.3 Å². The number of rotatable bonds is 4. The molecule has 2 aliphatic rings. The van der Waals surface area contributed by atoms with E-state index >= 15 is 0 Å². The first kappa shape index (κ1) is 21.6. The zero-order valence-corrected chi connectivity index (χ0v) is 16.9. The second-order valence-electron chi connectivity index (χ2n) is 7.71. The summed E-state index contributed by atoms with van der Waals surface area (Å²) in [6.07, 6.45) is 2.93. The average Bonchev–Trinajstić information content (AvgIpc) is 2.76. The Hall–Kier alpha value is -3.13. The summed E-state index contributed by atoms with van der Waals surface area (Å²) < 4.78 is 11.7. The number of hydrogen-bond acceptors (Lipinski definition) is 6. The van der Waals surface area contributed by atoms with Crippen molar-refractivity contribution < 1.29 is 29.3 Å². The van der Waals surface area contributed by atoms with Crippen LogP contribution in [0.3, 0.4) is 0 Å². The van der Waals surface area contributed by atoms with E-state index in [1.165, 1.54) is 5.56 Å². The Morgan fingerprint density at radius 1 is 1.27 bits per heavy atom. The molecule has 0 spiro atoms. The highest BCUT2D eigenvalue weighted by molar-refractivity contribution is 5.74. The largest absolute Gasteiger partial charge is 0.484 e. The summed E-state index contributed by atoms with van der Waals surface area (Å²) in [7, 11) is 0. The topological polar surface area (TPSA) is 109 Å². The first-order chi connectivity index (χ1) is 14.4. The quantitative estimate of drug-likeness (QED) is 0.735. The Labute approximate surface area is 175 Å². The minimum Gasteiger partial charge on any atom is -0.484 e. The van der Waals surface area contributed by atoms with Crippen LogP contribution in [-0.4, -0.2) is 52.2 Å². The Morgan fingerprint density at radius 2 is 1.93 bits per heavy atom. The molecule has 1 saturated heterocycles. The minimum absolute atomic E-state index is 0.160. The number of benzene rings is 1. The molecular weight excluding hydrogens is 388 g/mol. The van der Waals surface area contributed by atoms with Crippen LogP contribution >= 0.6 is 0 Å². The second kappa shape index (κ2) is 9.58. The first-order valence-electron chi connectivity index (χ1n) is 9.82. The summed E-state index contributed by atoms with van der Waals surface area (Å²) in [6, 6.07) is 12.0. The maximum atomic E-state index is 11.4. The monoisotopic (exact) mass is 414 g/mol. The van der Waals surface area contributed by atoms with Crippen LogP contribution < -0.4 is 9.47 Å². The van der Waals surface area contributed by atoms with Gasteiger partial charge in [0.25, 0.3) is 12.4 Å². The lowest BCUT2D eigenvalue weighted by atomic mass is 9.80. The van der Waals surface area contributed by atoms with Crippen molar-refractivity contribution in [1.82, 2.24) is 9.88 Å². The van der Waals surface area contributed by atoms with Gasteiger partial charge in [0.1, 0.15) is 6.61 Å². The molecule has 1 atom stereocenters. The fraction of sp³-hybridized carbons (Fsp3) is 0.409. The zero-order valence-electron chi connectivity index (χ0n) is 16.9. The van der Waals surface area contributed by atoms with Crippen molar-refractivity contribution >= 4 is 12.4 Å². The first-order valence-corrected chi connectivity index (χ1v) is 9.82. The number of piperidine rings is 1. The predicted octanol–water partition coefficient (Wildman–Crippen LogP) is 2.98. The van der Waals surface area contributed by atoms with E-state index in [-0.39, 0.29) is 12.6 Å². The number of carboxylic acid groups (broad SMARTS) is 2. The summed E-state index contributed by atoms with van der Waals surface area (Å²) in [6.45, 7) is 4.53. The fourth-order valence-electron chi connectivity index (χ4n) is 3.59. The molecule has 4 rings (SSSR count). The van der Waals surface area contributed by atoms with Gasteiger partial charge in [0.15, 0.2) is 11.9 Å². The normalized spacial score (nSPS) is 19.8. The maximum Gasteiger partial charge on any atom is 0.309 e. The van der Waals surface area contributed by atoms with Crippen molar-refractivity contribution in [2.24, 2.45) is 5.41 Å². The molecule has 8 nitrogen and oxygen atoms in total. The number of carbonyl (C=O) groups is 2. The maximum absolute atomic E-state index is 11.4. The molecule has 0 radical (unpaired) electrons. The SMILES string of the molecule is CC1(C(=O)O)CCN(Cc2ccc([C@H]3COc4cccnc4O3)cc2)CC1.O=CO. The third-order valence-electron chi connectivity index (χ3n) is 5.61. The number of carboxylic acids is 1. The van der Waals surface area contributed by atoms with Crippen LogP contribution in [0.5, 0.6) is 11.6 Å². The van der Waals surface area contributed by atoms with Crippen molar-refractivity contribution in [2.75, 3.05) is 19.7 Å². The summed E-state index contributed by atoms with van der Waals surface area (Å²) in [5.74, 6) is 0.536. The van der Waals surface area contributed by atoms with Gasteiger partial charge in [-0.25, -0.2) is 4.98 Å². The van der Waals surface area contributed by atoms with Gasteiger partial charge in [0.2, 0.25) is 0 Å². The van der Waals surface area contributed by atoms with E-state index in [9.17, 15) is 9.90 Å². The molecule has 0 bridgehead atoms. The number of aliphatic carboxylic acids is 1. The molecule has 0 aliphatic carbocycles. The number of fused-ring (bicyclic) bond motifs is 1. The van der Waals surface area contributed by atoms with Crippen LogP contribution in [0.4, 0.5) is 0 Å². The van der Waals surface area contributed by atoms with Gasteiger partial charge in [0.05, 0.1) is 5.41 Å². The molecule has 30 heavy (non-hydrogen) atoms. The van der Waals surface area contributed by atoms with E-state index in [1.807, 2.05) is 19.1 Å². The van der Waals surface area contributed by atoms with E-state index < -0.39 is 11.4 Å². The number of likely N-dealkylation sites (tertiary alicyclic amines) is 1. The number of hydrogen-bond donors (Lipinski definition) is 2. The summed E-state index contributed by atoms with van der Waals surface area (Å²) in [5, 5.41) is 16.2. The van der Waals surface area contributed by atoms with Crippen LogP contribution in [0.1, 0.15) is 37.0 Å². The molecule has 160 valence electrons. The zero-order chi connectivity index (χ0) is 21.6. The molecule has 0 unspecified atom stereocenters. The molecule has 0 saturated carbocycles. The van der Waals surface area contributed by atoms with Gasteiger partial charge in [-0.05, 0) is 56.1 Å². The predicted molar refractivity (Wildman–Crippen MR) is 108 cm³/mol. The standard InChI is InChI=1S/C21H24N2O4.CH2O2/c1-21(20(24)25)8-11-23(12-9-21)13-15-4-6-16(7-5-15)18-14-26-17-3-2-10-22-19(17)27-18;2-1-3/h2-7,10,18H,8-9,11-14H2,1H3,(H,24,25);1H,(H,2,3)/t18-;/m1./s1. The van der Waals surface area contributed by atoms with Crippen molar-refractivity contribution in [3.8, 4) is 11.6 Å². The van der Waals surface area contributed by atoms with E-state index in [1.54, 1.807) is 6.20 Å². The van der Waals surface area contributed by atoms with Crippen LogP contribution in [-0.2, 0) is 16.1 Å². The molecule has 0 amide bonds. The highest BCUT2D eigenvalue weighted by Gasteiger charge is 2.36. The molecular formula is C22H26N2O6. The molecule has 2 N–H and O–H groups in total. The van der Waals surface area contributed by atoms with Crippen molar-refractivity contribution in [3.05, 3.63) is 53.7 Å². The summed E-state index contributed by atoms with van der Waals surface area (Å²) in [5.41, 5.74) is 1.70. The molecule has 2 aliphatic heterocycles. The highest BCUT2D eigenvalue weighted by atomic mass is 16.6. The lowest BCUT2D eigenvalue weighted by Crippen LogP contribution is -2.42. The van der Waals surface area contributed by atoms with Gasteiger partial charge in [0, 0.05) is 12.7 Å². The number of pyridine rings is 1. The van der Waals surface area contributed by atoms with Gasteiger partial charge < -0.3 is 19.7 Å². The third kappa shape index (κ3) is 5.07. The molecule has 1 aromatic carbocycles. The van der Waals surface area contributed by atoms with Crippen LogP contribution in [0, 0.1) is 5.41 Å². The average molecular weight is 414 g/mol. The Morgan fingerprint density at radius 3 is 2.57 bits per heavy atom. The Kier molecular flexibility index (Phi) is 6.89. The van der Waals surface area contributed by atoms with Gasteiger partial charge in [-0.15, -0.1) is 0 Å². The van der Waals surface area contributed by atoms with Crippen molar-refractivity contribution in [1.29, 1.82) is 0 Å². The second-order valence-corrected chi connectivity index (χ2v) is 7.71. The van der Waals surface area contributed by atoms with E-state index in [0.717, 1.165) is 25.2 Å². The third-order valence-corrected chi connectivity index (χ3v) is 5.61. The number of nitrogens with zero attached hydrogens (tertiary/aromatic N) is 2. The van der Waals surface area contributed by atoms with Crippen LogP contribution in [0.25, 0.3) is 0 Å². The summed E-state index contributed by atoms with van der Waals surface area (Å²) >= 11 is 0. The van der Waals surface area contributed by atoms with E-state index in [4.69, 9.17) is 19.4 Å². The molecule has 8 heteroatoms. The summed E-state index contributed by atoms with van der Waals surface area (Å²) in [4.78, 5) is 26.3. The minimum atomic E-state index is -0.683. The lowest BCUT2D eigenvalue weighted by molar-refractivity contribution is -0.150. The Bertz CT molecular complexity index is 862. The smallest absolute Gasteiger partial charge is 0.309 e. The van der Waals surface area contributed by atoms with Crippen molar-refractivity contribution in [2.45, 2.75) is 32.4 Å². The number of aromatic nitrogens is 1. The van der Waals surface area contributed by atoms with Crippen molar-refractivity contribution in [3.63, 3.8) is 0 Å². The van der Waals surface area contributed by atoms with Crippen LogP contribution in [0.15, 0.2) is 42.6 Å². The molecule has 1 fully saturated rings. The Balaban J connectivity index is 0.000000806.